The molecule has 0 fully saturated rings. The van der Waals surface area contributed by atoms with E-state index in [9.17, 15) is 0 Å². The van der Waals surface area contributed by atoms with Crippen LogP contribution >= 0.6 is 0 Å². The number of ether oxygens (including phenoxy) is 2. The average Bonchev–Trinajstić information content (AvgIpc) is 2.84. The first kappa shape index (κ1) is 21.0. The molecule has 4 aromatic rings. The third-order valence-corrected chi connectivity index (χ3v) is 5.62. The average molecular weight is 418 g/mol. The van der Waals surface area contributed by atoms with Crippen LogP contribution in [0.1, 0.15) is 33.4 Å². The number of nitriles is 2. The van der Waals surface area contributed by atoms with E-state index in [-0.39, 0.29) is 0 Å². The minimum Gasteiger partial charge on any atom is -0.496 e. The number of nitrogens with zero attached hydrogens (tertiary/aromatic N) is 2. The first-order chi connectivity index (χ1) is 15.7. The summed E-state index contributed by atoms with van der Waals surface area (Å²) < 4.78 is 11.7. The number of hydrogen-bond acceptors (Lipinski definition) is 4. The second-order valence-electron chi connectivity index (χ2n) is 7.58. The Hall–Kier alpha value is -4.28. The molecular formula is C28H22N2O2. The molecule has 0 saturated carbocycles. The van der Waals surface area contributed by atoms with Gasteiger partial charge in [-0.15, -0.1) is 0 Å². The van der Waals surface area contributed by atoms with E-state index in [0.717, 1.165) is 50.9 Å². The van der Waals surface area contributed by atoms with Crippen molar-refractivity contribution in [2.24, 2.45) is 0 Å². The molecule has 0 spiro atoms. The molecule has 0 aliphatic heterocycles. The van der Waals surface area contributed by atoms with Crippen LogP contribution in [0.3, 0.4) is 0 Å². The summed E-state index contributed by atoms with van der Waals surface area (Å²) in [6, 6.07) is 27.8. The summed E-state index contributed by atoms with van der Waals surface area (Å²) in [7, 11) is 3.38. The Kier molecular flexibility index (Phi) is 6.06. The molecule has 0 unspecified atom stereocenters. The quantitative estimate of drug-likeness (QED) is 0.398. The van der Waals surface area contributed by atoms with Gasteiger partial charge in [-0.3, -0.25) is 0 Å². The van der Waals surface area contributed by atoms with E-state index in [0.29, 0.717) is 17.5 Å². The third kappa shape index (κ3) is 4.13. The van der Waals surface area contributed by atoms with Crippen LogP contribution in [0.15, 0.2) is 72.8 Å². The molecule has 0 radical (unpaired) electrons. The Bertz CT molecular complexity index is 1340. The molecule has 0 heterocycles. The fraction of sp³-hybridized carbons (Fsp3) is 0.143. The van der Waals surface area contributed by atoms with Gasteiger partial charge in [-0.2, -0.15) is 10.5 Å². The molecule has 0 aliphatic rings. The Morgan fingerprint density at radius 3 is 1.75 bits per heavy atom. The Morgan fingerprint density at radius 2 is 1.25 bits per heavy atom. The monoisotopic (exact) mass is 418 g/mol. The van der Waals surface area contributed by atoms with Gasteiger partial charge in [0.25, 0.3) is 0 Å². The van der Waals surface area contributed by atoms with Crippen molar-refractivity contribution < 1.29 is 9.47 Å². The standard InChI is InChI=1S/C28H22N2O2/c1-31-26-16-24(15-20-8-12-22(18-30)13-9-20)28(32-2)25-5-3-4-23(27(25)26)14-19-6-10-21(17-29)11-7-19/h3-13,16H,14-15H2,1-2H3. The number of hydrogen-bond donors (Lipinski definition) is 0. The normalized spacial score (nSPS) is 10.4. The maximum atomic E-state index is 9.05. The topological polar surface area (TPSA) is 66.0 Å². The van der Waals surface area contributed by atoms with E-state index in [4.69, 9.17) is 20.0 Å². The molecule has 4 rings (SSSR count). The van der Waals surface area contributed by atoms with E-state index in [1.807, 2.05) is 60.7 Å². The van der Waals surface area contributed by atoms with Crippen molar-refractivity contribution in [3.05, 3.63) is 106 Å². The van der Waals surface area contributed by atoms with Crippen LogP contribution < -0.4 is 9.47 Å². The summed E-state index contributed by atoms with van der Waals surface area (Å²) in [4.78, 5) is 0. The van der Waals surface area contributed by atoms with E-state index < -0.39 is 0 Å². The molecule has 0 bridgehead atoms. The van der Waals surface area contributed by atoms with Crippen LogP contribution in [0.2, 0.25) is 0 Å². The fourth-order valence-electron chi connectivity index (χ4n) is 4.06. The van der Waals surface area contributed by atoms with Gasteiger partial charge in [0.05, 0.1) is 37.5 Å². The number of fused-ring (bicyclic) bond motifs is 1. The summed E-state index contributed by atoms with van der Waals surface area (Å²) in [6.45, 7) is 0. The smallest absolute Gasteiger partial charge is 0.130 e. The molecule has 32 heavy (non-hydrogen) atoms. The molecule has 0 amide bonds. The van der Waals surface area contributed by atoms with Crippen molar-refractivity contribution in [2.45, 2.75) is 12.8 Å². The van der Waals surface area contributed by atoms with Crippen molar-refractivity contribution in [3.63, 3.8) is 0 Å². The van der Waals surface area contributed by atoms with Crippen LogP contribution in [-0.4, -0.2) is 14.2 Å². The van der Waals surface area contributed by atoms with E-state index in [1.54, 1.807) is 14.2 Å². The lowest BCUT2D eigenvalue weighted by Crippen LogP contribution is -2.00. The van der Waals surface area contributed by atoms with Crippen molar-refractivity contribution in [1.82, 2.24) is 0 Å². The molecule has 4 aromatic carbocycles. The second kappa shape index (κ2) is 9.25. The number of rotatable bonds is 6. The lowest BCUT2D eigenvalue weighted by Gasteiger charge is -2.18. The van der Waals surface area contributed by atoms with Gasteiger partial charge < -0.3 is 9.47 Å². The van der Waals surface area contributed by atoms with E-state index in [2.05, 4.69) is 24.3 Å². The first-order valence-corrected chi connectivity index (χ1v) is 10.3. The van der Waals surface area contributed by atoms with Gasteiger partial charge in [0, 0.05) is 22.8 Å². The maximum Gasteiger partial charge on any atom is 0.130 e. The van der Waals surface area contributed by atoms with Gasteiger partial charge in [-0.1, -0.05) is 42.5 Å². The van der Waals surface area contributed by atoms with Crippen LogP contribution in [-0.2, 0) is 12.8 Å². The Labute approximate surface area is 187 Å². The van der Waals surface area contributed by atoms with Gasteiger partial charge in [-0.25, -0.2) is 0 Å². The van der Waals surface area contributed by atoms with Crippen LogP contribution in [0.5, 0.6) is 11.5 Å². The van der Waals surface area contributed by atoms with Gasteiger partial charge in [0.1, 0.15) is 11.5 Å². The largest absolute Gasteiger partial charge is 0.496 e. The molecular weight excluding hydrogens is 396 g/mol. The number of methoxy groups -OCH3 is 2. The highest BCUT2D eigenvalue weighted by molar-refractivity contribution is 5.97. The highest BCUT2D eigenvalue weighted by Gasteiger charge is 2.17. The lowest BCUT2D eigenvalue weighted by atomic mass is 9.93. The molecule has 4 heteroatoms. The predicted molar refractivity (Wildman–Crippen MR) is 125 cm³/mol. The van der Waals surface area contributed by atoms with Crippen molar-refractivity contribution in [2.75, 3.05) is 14.2 Å². The molecule has 0 N–H and O–H groups in total. The summed E-state index contributed by atoms with van der Waals surface area (Å²) in [6.07, 6.45) is 1.39. The zero-order valence-electron chi connectivity index (χ0n) is 18.1. The van der Waals surface area contributed by atoms with E-state index in [1.165, 1.54) is 0 Å². The van der Waals surface area contributed by atoms with Gasteiger partial charge in [0.2, 0.25) is 0 Å². The summed E-state index contributed by atoms with van der Waals surface area (Å²) >= 11 is 0. The maximum absolute atomic E-state index is 9.05. The van der Waals surface area contributed by atoms with Crippen molar-refractivity contribution >= 4 is 10.8 Å². The minimum atomic E-state index is 0.643. The Morgan fingerprint density at radius 1 is 0.688 bits per heavy atom. The van der Waals surface area contributed by atoms with Gasteiger partial charge in [0.15, 0.2) is 0 Å². The van der Waals surface area contributed by atoms with Crippen LogP contribution in [0.25, 0.3) is 10.8 Å². The fourth-order valence-corrected chi connectivity index (χ4v) is 4.06. The highest BCUT2D eigenvalue weighted by Crippen LogP contribution is 2.40. The predicted octanol–water partition coefficient (Wildman–Crippen LogP) is 5.78. The summed E-state index contributed by atoms with van der Waals surface area (Å²) in [5.74, 6) is 1.63. The highest BCUT2D eigenvalue weighted by atomic mass is 16.5. The first-order valence-electron chi connectivity index (χ1n) is 10.3. The van der Waals surface area contributed by atoms with E-state index >= 15 is 0 Å². The summed E-state index contributed by atoms with van der Waals surface area (Å²) in [5, 5.41) is 20.1. The van der Waals surface area contributed by atoms with Gasteiger partial charge in [-0.05, 0) is 53.4 Å². The molecule has 0 aromatic heterocycles. The summed E-state index contributed by atoms with van der Waals surface area (Å²) in [5.41, 5.74) is 5.67. The van der Waals surface area contributed by atoms with Gasteiger partial charge >= 0.3 is 0 Å². The van der Waals surface area contributed by atoms with Crippen molar-refractivity contribution in [3.8, 4) is 23.6 Å². The number of benzene rings is 4. The second-order valence-corrected chi connectivity index (χ2v) is 7.58. The minimum absolute atomic E-state index is 0.643. The molecule has 156 valence electrons. The molecule has 0 aliphatic carbocycles. The van der Waals surface area contributed by atoms with Crippen LogP contribution in [0.4, 0.5) is 0 Å². The molecule has 0 saturated heterocycles. The molecule has 4 nitrogen and oxygen atoms in total. The SMILES string of the molecule is COc1c(Cc2ccc(C#N)cc2)cc(OC)c2c(Cc3ccc(C#N)cc3)cccc12. The Balaban J connectivity index is 1.79. The third-order valence-electron chi connectivity index (χ3n) is 5.62. The molecule has 0 atom stereocenters. The zero-order valence-corrected chi connectivity index (χ0v) is 18.1. The zero-order chi connectivity index (χ0) is 22.5. The lowest BCUT2D eigenvalue weighted by molar-refractivity contribution is 0.407. The van der Waals surface area contributed by atoms with Crippen LogP contribution in [0, 0.1) is 22.7 Å². The van der Waals surface area contributed by atoms with Crippen molar-refractivity contribution in [1.29, 1.82) is 10.5 Å².